The van der Waals surface area contributed by atoms with Crippen molar-refractivity contribution in [3.63, 3.8) is 0 Å². The third-order valence-corrected chi connectivity index (χ3v) is 2.26. The lowest BCUT2D eigenvalue weighted by atomic mass is 10.1. The summed E-state index contributed by atoms with van der Waals surface area (Å²) in [4.78, 5) is 21.3. The van der Waals surface area contributed by atoms with Crippen molar-refractivity contribution in [2.75, 3.05) is 0 Å². The molecule has 0 aliphatic carbocycles. The minimum Gasteiger partial charge on any atom is -0.548 e. The van der Waals surface area contributed by atoms with Crippen molar-refractivity contribution in [1.29, 1.82) is 0 Å². The van der Waals surface area contributed by atoms with Gasteiger partial charge in [0.25, 0.3) is 0 Å². The first kappa shape index (κ1) is 11.1. The van der Waals surface area contributed by atoms with Gasteiger partial charge in [-0.2, -0.15) is 5.10 Å². The molecule has 0 atom stereocenters. The first-order chi connectivity index (χ1) is 8.20. The van der Waals surface area contributed by atoms with Crippen LogP contribution in [0.5, 0.6) is 0 Å². The molecule has 86 valence electrons. The van der Waals surface area contributed by atoms with Gasteiger partial charge in [0.15, 0.2) is 6.29 Å². The van der Waals surface area contributed by atoms with Crippen LogP contribution in [-0.4, -0.2) is 22.0 Å². The summed E-state index contributed by atoms with van der Waals surface area (Å²) in [5, 5.41) is 14.5. The maximum absolute atomic E-state index is 10.9. The van der Waals surface area contributed by atoms with Gasteiger partial charge < -0.3 is 9.90 Å². The molecule has 0 spiro atoms. The lowest BCUT2D eigenvalue weighted by Crippen LogP contribution is -2.27. The van der Waals surface area contributed by atoms with Crippen molar-refractivity contribution in [2.24, 2.45) is 0 Å². The molecule has 0 radical (unpaired) electrons. The highest BCUT2D eigenvalue weighted by Gasteiger charge is 2.09. The van der Waals surface area contributed by atoms with Crippen LogP contribution >= 0.6 is 0 Å². The average Bonchev–Trinajstić information content (AvgIpc) is 2.72. The van der Waals surface area contributed by atoms with E-state index in [1.165, 1.54) is 10.9 Å². The fourth-order valence-corrected chi connectivity index (χ4v) is 1.56. The quantitative estimate of drug-likeness (QED) is 0.697. The van der Waals surface area contributed by atoms with Crippen molar-refractivity contribution in [2.45, 2.75) is 6.54 Å². The Kier molecular flexibility index (Phi) is 3.00. The van der Waals surface area contributed by atoms with Gasteiger partial charge in [0, 0.05) is 11.8 Å². The van der Waals surface area contributed by atoms with Crippen LogP contribution in [0.25, 0.3) is 11.3 Å². The summed E-state index contributed by atoms with van der Waals surface area (Å²) in [5.74, 6) is -1.25. The lowest BCUT2D eigenvalue weighted by Gasteiger charge is -2.01. The molecule has 1 aromatic carbocycles. The van der Waals surface area contributed by atoms with Crippen molar-refractivity contribution in [3.8, 4) is 11.3 Å². The number of carbonyl (C=O) groups excluding carboxylic acids is 2. The minimum atomic E-state index is -1.25. The second-order valence-electron chi connectivity index (χ2n) is 3.49. The van der Waals surface area contributed by atoms with Crippen LogP contribution in [0.3, 0.4) is 0 Å². The Morgan fingerprint density at radius 1 is 1.35 bits per heavy atom. The zero-order valence-electron chi connectivity index (χ0n) is 8.87. The standard InChI is InChI=1S/C12H10N2O3/c15-8-10-6-14(7-11(16)17)13-12(10)9-4-2-1-3-5-9/h1-6,8H,7H2,(H,16,17)/p-1. The fraction of sp³-hybridized carbons (Fsp3) is 0.0833. The van der Waals surface area contributed by atoms with Gasteiger partial charge >= 0.3 is 0 Å². The highest BCUT2D eigenvalue weighted by atomic mass is 16.4. The van der Waals surface area contributed by atoms with Crippen molar-refractivity contribution in [1.82, 2.24) is 9.78 Å². The molecule has 0 fully saturated rings. The number of carbonyl (C=O) groups is 2. The lowest BCUT2D eigenvalue weighted by molar-refractivity contribution is -0.306. The van der Waals surface area contributed by atoms with Crippen molar-refractivity contribution < 1.29 is 14.7 Å². The first-order valence-electron chi connectivity index (χ1n) is 4.98. The normalized spacial score (nSPS) is 10.1. The van der Waals surface area contributed by atoms with Gasteiger partial charge in [-0.3, -0.25) is 9.48 Å². The number of rotatable bonds is 4. The SMILES string of the molecule is O=Cc1cn(CC(=O)[O-])nc1-c1ccccc1. The van der Waals surface area contributed by atoms with E-state index in [4.69, 9.17) is 0 Å². The number of benzene rings is 1. The first-order valence-corrected chi connectivity index (χ1v) is 4.98. The number of aliphatic carboxylic acids is 1. The van der Waals surface area contributed by atoms with E-state index in [2.05, 4.69) is 5.10 Å². The molecule has 2 aromatic rings. The maximum Gasteiger partial charge on any atom is 0.153 e. The Balaban J connectivity index is 2.43. The van der Waals surface area contributed by atoms with E-state index in [9.17, 15) is 14.7 Å². The molecule has 0 amide bonds. The third kappa shape index (κ3) is 2.39. The molecule has 1 heterocycles. The predicted molar refractivity (Wildman–Crippen MR) is 58.1 cm³/mol. The number of carboxylic acids is 1. The number of hydrogen-bond acceptors (Lipinski definition) is 4. The van der Waals surface area contributed by atoms with Crippen LogP contribution in [-0.2, 0) is 11.3 Å². The Labute approximate surface area is 97.3 Å². The van der Waals surface area contributed by atoms with Gasteiger partial charge in [0.2, 0.25) is 0 Å². The zero-order valence-corrected chi connectivity index (χ0v) is 8.87. The summed E-state index contributed by atoms with van der Waals surface area (Å²) in [6.45, 7) is -0.367. The van der Waals surface area contributed by atoms with Crippen LogP contribution in [0, 0.1) is 0 Å². The minimum absolute atomic E-state index is 0.359. The summed E-state index contributed by atoms with van der Waals surface area (Å²) in [6, 6.07) is 9.10. The smallest absolute Gasteiger partial charge is 0.153 e. The molecule has 0 N–H and O–H groups in total. The maximum atomic E-state index is 10.9. The molecular formula is C12H9N2O3-. The Morgan fingerprint density at radius 2 is 2.06 bits per heavy atom. The average molecular weight is 229 g/mol. The number of nitrogens with zero attached hydrogens (tertiary/aromatic N) is 2. The molecule has 17 heavy (non-hydrogen) atoms. The van der Waals surface area contributed by atoms with Gasteiger partial charge in [-0.15, -0.1) is 0 Å². The predicted octanol–water partition coefficient (Wildman–Crippen LogP) is 0.112. The number of aromatic nitrogens is 2. The fourth-order valence-electron chi connectivity index (χ4n) is 1.56. The van der Waals surface area contributed by atoms with E-state index in [0.29, 0.717) is 17.5 Å². The van der Waals surface area contributed by atoms with Gasteiger partial charge in [-0.1, -0.05) is 30.3 Å². The zero-order chi connectivity index (χ0) is 12.3. The topological polar surface area (TPSA) is 75.0 Å². The van der Waals surface area contributed by atoms with Crippen LogP contribution < -0.4 is 5.11 Å². The number of aldehydes is 1. The van der Waals surface area contributed by atoms with E-state index in [1.807, 2.05) is 18.2 Å². The highest BCUT2D eigenvalue weighted by molar-refractivity contribution is 5.85. The van der Waals surface area contributed by atoms with Crippen LogP contribution in [0.2, 0.25) is 0 Å². The monoisotopic (exact) mass is 229 g/mol. The molecule has 0 aliphatic heterocycles. The van der Waals surface area contributed by atoms with Gasteiger partial charge in [-0.05, 0) is 0 Å². The highest BCUT2D eigenvalue weighted by Crippen LogP contribution is 2.20. The molecule has 0 saturated heterocycles. The van der Waals surface area contributed by atoms with Gasteiger partial charge in [-0.25, -0.2) is 0 Å². The molecule has 5 heteroatoms. The summed E-state index contributed by atoms with van der Waals surface area (Å²) in [6.07, 6.45) is 2.05. The van der Waals surface area contributed by atoms with Crippen LogP contribution in [0.4, 0.5) is 0 Å². The molecule has 0 unspecified atom stereocenters. The van der Waals surface area contributed by atoms with E-state index in [-0.39, 0.29) is 6.54 Å². The second kappa shape index (κ2) is 4.61. The van der Waals surface area contributed by atoms with Crippen LogP contribution in [0.15, 0.2) is 36.5 Å². The Bertz CT molecular complexity index is 546. The third-order valence-electron chi connectivity index (χ3n) is 2.26. The second-order valence-corrected chi connectivity index (χ2v) is 3.49. The van der Waals surface area contributed by atoms with E-state index in [1.54, 1.807) is 12.1 Å². The molecular weight excluding hydrogens is 220 g/mol. The summed E-state index contributed by atoms with van der Waals surface area (Å²) in [5.41, 5.74) is 1.60. The van der Waals surface area contributed by atoms with Gasteiger partial charge in [0.05, 0.1) is 18.1 Å². The molecule has 0 saturated carbocycles. The Hall–Kier alpha value is -2.43. The van der Waals surface area contributed by atoms with Crippen LogP contribution in [0.1, 0.15) is 10.4 Å². The number of carboxylic acid groups (broad SMARTS) is 1. The van der Waals surface area contributed by atoms with Crippen molar-refractivity contribution in [3.05, 3.63) is 42.1 Å². The van der Waals surface area contributed by atoms with Gasteiger partial charge in [0.1, 0.15) is 5.69 Å². The van der Waals surface area contributed by atoms with E-state index < -0.39 is 5.97 Å². The molecule has 1 aromatic heterocycles. The molecule has 5 nitrogen and oxygen atoms in total. The number of hydrogen-bond donors (Lipinski definition) is 0. The molecule has 0 aliphatic rings. The van der Waals surface area contributed by atoms with E-state index in [0.717, 1.165) is 5.56 Å². The summed E-state index contributed by atoms with van der Waals surface area (Å²) >= 11 is 0. The summed E-state index contributed by atoms with van der Waals surface area (Å²) in [7, 11) is 0. The summed E-state index contributed by atoms with van der Waals surface area (Å²) < 4.78 is 1.18. The molecule has 2 rings (SSSR count). The Morgan fingerprint density at radius 3 is 2.65 bits per heavy atom. The van der Waals surface area contributed by atoms with E-state index >= 15 is 0 Å². The largest absolute Gasteiger partial charge is 0.548 e. The van der Waals surface area contributed by atoms with Crippen molar-refractivity contribution >= 4 is 12.3 Å². The molecule has 0 bridgehead atoms.